The van der Waals surface area contributed by atoms with Gasteiger partial charge in [0.25, 0.3) is 0 Å². The molecule has 3 atom stereocenters. The van der Waals surface area contributed by atoms with Crippen molar-refractivity contribution in [3.63, 3.8) is 0 Å². The Kier molecular flexibility index (Phi) is 6.13. The fraction of sp³-hybridized carbons (Fsp3) is 0.706. The maximum absolute atomic E-state index is 13.7. The molecule has 8 heteroatoms. The molecule has 0 spiro atoms. The van der Waals surface area contributed by atoms with Crippen molar-refractivity contribution in [3.05, 3.63) is 12.2 Å². The van der Waals surface area contributed by atoms with Crippen molar-refractivity contribution in [3.8, 4) is 0 Å². The third-order valence-electron chi connectivity index (χ3n) is 4.52. The van der Waals surface area contributed by atoms with Crippen LogP contribution in [0.4, 0.5) is 8.78 Å². The van der Waals surface area contributed by atoms with Crippen molar-refractivity contribution in [2.75, 3.05) is 13.2 Å². The topological polar surface area (TPSA) is 78.9 Å². The average molecular weight is 360 g/mol. The molecule has 0 amide bonds. The van der Waals surface area contributed by atoms with Crippen LogP contribution < -0.4 is 0 Å². The van der Waals surface area contributed by atoms with Crippen molar-refractivity contribution < 1.29 is 37.4 Å². The summed E-state index contributed by atoms with van der Waals surface area (Å²) in [6.45, 7) is 3.86. The molecule has 0 aliphatic heterocycles. The van der Waals surface area contributed by atoms with E-state index in [9.17, 15) is 23.2 Å². The predicted molar refractivity (Wildman–Crippen MR) is 81.6 cm³/mol. The second-order valence-corrected chi connectivity index (χ2v) is 6.64. The van der Waals surface area contributed by atoms with E-state index in [1.165, 1.54) is 6.92 Å². The van der Waals surface area contributed by atoms with E-state index in [2.05, 4.69) is 16.1 Å². The zero-order valence-corrected chi connectivity index (χ0v) is 14.1. The summed E-state index contributed by atoms with van der Waals surface area (Å²) in [6, 6.07) is 0. The fourth-order valence-corrected chi connectivity index (χ4v) is 3.29. The second-order valence-electron chi connectivity index (χ2n) is 6.64. The highest BCUT2D eigenvalue weighted by Crippen LogP contribution is 2.46. The van der Waals surface area contributed by atoms with Gasteiger partial charge in [-0.1, -0.05) is 6.58 Å². The maximum Gasteiger partial charge on any atom is 0.377 e. The molecule has 2 fully saturated rings. The van der Waals surface area contributed by atoms with E-state index in [0.717, 1.165) is 19.3 Å². The van der Waals surface area contributed by atoms with Crippen LogP contribution in [-0.4, -0.2) is 43.1 Å². The van der Waals surface area contributed by atoms with Gasteiger partial charge in [-0.25, -0.2) is 9.59 Å². The first kappa shape index (κ1) is 19.3. The lowest BCUT2D eigenvalue weighted by atomic mass is 9.98. The van der Waals surface area contributed by atoms with Gasteiger partial charge in [-0.2, -0.15) is 8.78 Å². The normalized spacial score (nSPS) is 24.7. The van der Waals surface area contributed by atoms with Crippen LogP contribution in [0, 0.1) is 11.8 Å². The van der Waals surface area contributed by atoms with Crippen LogP contribution in [0.3, 0.4) is 0 Å². The predicted octanol–water partition coefficient (Wildman–Crippen LogP) is 2.41. The summed E-state index contributed by atoms with van der Waals surface area (Å²) < 4.78 is 41.6. The second kappa shape index (κ2) is 7.93. The molecule has 140 valence electrons. The van der Waals surface area contributed by atoms with E-state index >= 15 is 0 Å². The summed E-state index contributed by atoms with van der Waals surface area (Å²) >= 11 is 0. The Morgan fingerprint density at radius 2 is 1.80 bits per heavy atom. The quantitative estimate of drug-likeness (QED) is 0.286. The van der Waals surface area contributed by atoms with Gasteiger partial charge in [-0.3, -0.25) is 4.79 Å². The van der Waals surface area contributed by atoms with Gasteiger partial charge in [0, 0.05) is 5.57 Å². The molecule has 0 aromatic rings. The van der Waals surface area contributed by atoms with Gasteiger partial charge in [0.1, 0.15) is 25.7 Å². The summed E-state index contributed by atoms with van der Waals surface area (Å²) in [5.41, 5.74) is 0.139. The third kappa shape index (κ3) is 5.24. The van der Waals surface area contributed by atoms with Gasteiger partial charge in [-0.15, -0.1) is 0 Å². The molecule has 0 aromatic carbocycles. The third-order valence-corrected chi connectivity index (χ3v) is 4.52. The summed E-state index contributed by atoms with van der Waals surface area (Å²) in [7, 11) is 0. The van der Waals surface area contributed by atoms with Crippen LogP contribution in [0.2, 0.25) is 0 Å². The van der Waals surface area contributed by atoms with Crippen molar-refractivity contribution in [2.45, 2.75) is 51.1 Å². The van der Waals surface area contributed by atoms with Crippen LogP contribution in [0.25, 0.3) is 0 Å². The van der Waals surface area contributed by atoms with Crippen LogP contribution in [0.15, 0.2) is 12.2 Å². The number of rotatable bonds is 8. The number of ether oxygens (including phenoxy) is 3. The minimum atomic E-state index is -3.98. The Hall–Kier alpha value is -1.99. The van der Waals surface area contributed by atoms with Crippen molar-refractivity contribution >= 4 is 17.9 Å². The number of hydrogen-bond acceptors (Lipinski definition) is 6. The first-order valence-corrected chi connectivity index (χ1v) is 8.26. The Labute approximate surface area is 144 Å². The molecular formula is C17H22F2O6. The lowest BCUT2D eigenvalue weighted by molar-refractivity contribution is -0.182. The summed E-state index contributed by atoms with van der Waals surface area (Å²) in [5, 5.41) is 0. The standard InChI is InChI=1S/C17H22F2O6/c1-10(2)15(21)23-5-6-24-16(22)17(18,19)9-14(20)25-13-8-11-3-4-12(13)7-11/h11-13H,1,3-9H2,2H3. The number of carbonyl (C=O) groups is 3. The molecule has 0 saturated heterocycles. The summed E-state index contributed by atoms with van der Waals surface area (Å²) in [5.74, 6) is -6.88. The van der Waals surface area contributed by atoms with E-state index in [1.807, 2.05) is 0 Å². The highest BCUT2D eigenvalue weighted by Gasteiger charge is 2.46. The molecule has 3 unspecified atom stereocenters. The Morgan fingerprint density at radius 1 is 1.12 bits per heavy atom. The van der Waals surface area contributed by atoms with Gasteiger partial charge >= 0.3 is 23.8 Å². The van der Waals surface area contributed by atoms with Crippen LogP contribution >= 0.6 is 0 Å². The first-order chi connectivity index (χ1) is 11.7. The molecule has 0 aromatic heterocycles. The number of alkyl halides is 2. The van der Waals surface area contributed by atoms with E-state index < -0.39 is 36.9 Å². The number of halogens is 2. The van der Waals surface area contributed by atoms with Gasteiger partial charge in [0.15, 0.2) is 0 Å². The molecular weight excluding hydrogens is 338 g/mol. The molecule has 0 radical (unpaired) electrons. The first-order valence-electron chi connectivity index (χ1n) is 8.26. The van der Waals surface area contributed by atoms with Gasteiger partial charge in [0.05, 0.1) is 0 Å². The van der Waals surface area contributed by atoms with Gasteiger partial charge in [0.2, 0.25) is 0 Å². The molecule has 25 heavy (non-hydrogen) atoms. The lowest BCUT2D eigenvalue weighted by Gasteiger charge is -2.23. The van der Waals surface area contributed by atoms with Crippen LogP contribution in [-0.2, 0) is 28.6 Å². The molecule has 6 nitrogen and oxygen atoms in total. The molecule has 2 rings (SSSR count). The molecule has 0 heterocycles. The lowest BCUT2D eigenvalue weighted by Crippen LogP contribution is -2.36. The van der Waals surface area contributed by atoms with Crippen LogP contribution in [0.5, 0.6) is 0 Å². The number of carbonyl (C=O) groups excluding carboxylic acids is 3. The van der Waals surface area contributed by atoms with E-state index in [4.69, 9.17) is 4.74 Å². The van der Waals surface area contributed by atoms with E-state index in [-0.39, 0.29) is 24.2 Å². The molecule has 2 saturated carbocycles. The highest BCUT2D eigenvalue weighted by molar-refractivity contribution is 5.87. The van der Waals surface area contributed by atoms with Crippen molar-refractivity contribution in [2.24, 2.45) is 11.8 Å². The highest BCUT2D eigenvalue weighted by atomic mass is 19.3. The monoisotopic (exact) mass is 360 g/mol. The smallest absolute Gasteiger partial charge is 0.377 e. The number of hydrogen-bond donors (Lipinski definition) is 0. The van der Waals surface area contributed by atoms with Crippen molar-refractivity contribution in [1.29, 1.82) is 0 Å². The number of fused-ring (bicyclic) bond motifs is 2. The minimum absolute atomic E-state index is 0.139. The van der Waals surface area contributed by atoms with E-state index in [0.29, 0.717) is 12.3 Å². The summed E-state index contributed by atoms with van der Waals surface area (Å²) in [6.07, 6.45) is 2.05. The maximum atomic E-state index is 13.7. The Balaban J connectivity index is 1.70. The van der Waals surface area contributed by atoms with E-state index in [1.54, 1.807) is 0 Å². The van der Waals surface area contributed by atoms with Crippen LogP contribution in [0.1, 0.15) is 39.0 Å². The molecule has 2 aliphatic carbocycles. The molecule has 2 bridgehead atoms. The fourth-order valence-electron chi connectivity index (χ4n) is 3.29. The molecule has 0 N–H and O–H groups in total. The van der Waals surface area contributed by atoms with Gasteiger partial charge < -0.3 is 14.2 Å². The van der Waals surface area contributed by atoms with Gasteiger partial charge in [-0.05, 0) is 44.4 Å². The molecule has 2 aliphatic rings. The average Bonchev–Trinajstić information content (AvgIpc) is 3.12. The largest absolute Gasteiger partial charge is 0.462 e. The zero-order valence-electron chi connectivity index (χ0n) is 14.1. The summed E-state index contributed by atoms with van der Waals surface area (Å²) in [4.78, 5) is 34.2. The zero-order chi connectivity index (χ0) is 18.6. The minimum Gasteiger partial charge on any atom is -0.462 e. The Bertz CT molecular complexity index is 559. The Morgan fingerprint density at radius 3 is 2.36 bits per heavy atom. The van der Waals surface area contributed by atoms with Crippen molar-refractivity contribution in [1.82, 2.24) is 0 Å². The SMILES string of the molecule is C=C(C)C(=O)OCCOC(=O)C(F)(F)CC(=O)OC1CC2CCC1C2. The number of esters is 3.